The first-order valence-corrected chi connectivity index (χ1v) is 7.34. The molecule has 2 heterocycles. The predicted molar refractivity (Wildman–Crippen MR) is 83.8 cm³/mol. The summed E-state index contributed by atoms with van der Waals surface area (Å²) in [5.41, 5.74) is 0.180. The molecule has 1 atom stereocenters. The van der Waals surface area contributed by atoms with E-state index in [-0.39, 0.29) is 12.2 Å². The van der Waals surface area contributed by atoms with E-state index in [4.69, 9.17) is 0 Å². The second-order valence-electron chi connectivity index (χ2n) is 5.35. The van der Waals surface area contributed by atoms with E-state index >= 15 is 0 Å². The Morgan fingerprint density at radius 2 is 2.04 bits per heavy atom. The smallest absolute Gasteiger partial charge is 0.286 e. The molecule has 3 rings (SSSR count). The minimum Gasteiger partial charge on any atom is -0.392 e. The number of aromatic nitrogens is 3. The van der Waals surface area contributed by atoms with Crippen LogP contribution in [0.4, 0.5) is 11.6 Å². The van der Waals surface area contributed by atoms with Gasteiger partial charge in [-0.3, -0.25) is 14.2 Å². The van der Waals surface area contributed by atoms with Crippen molar-refractivity contribution < 1.29 is 9.90 Å². The van der Waals surface area contributed by atoms with Crippen LogP contribution in [0.3, 0.4) is 0 Å². The largest absolute Gasteiger partial charge is 0.392 e. The van der Waals surface area contributed by atoms with E-state index < -0.39 is 17.6 Å². The Morgan fingerprint density at radius 1 is 1.30 bits per heavy atom. The van der Waals surface area contributed by atoms with Gasteiger partial charge < -0.3 is 15.3 Å². The number of anilines is 2. The summed E-state index contributed by atoms with van der Waals surface area (Å²) in [7, 11) is 0. The molecule has 1 aliphatic rings. The van der Waals surface area contributed by atoms with Crippen LogP contribution >= 0.6 is 0 Å². The Balaban J connectivity index is 1.90. The fourth-order valence-electron chi connectivity index (χ4n) is 2.43. The maximum Gasteiger partial charge on any atom is 0.286 e. The third kappa shape index (κ3) is 2.93. The number of rotatable bonds is 4. The number of aliphatic hydroxyl groups excluding tert-OH is 1. The fourth-order valence-corrected chi connectivity index (χ4v) is 2.43. The number of benzene rings is 1. The molecule has 1 aromatic heterocycles. The van der Waals surface area contributed by atoms with Crippen molar-refractivity contribution in [2.24, 2.45) is 0 Å². The summed E-state index contributed by atoms with van der Waals surface area (Å²) in [5.74, 6) is -0.204. The maximum absolute atomic E-state index is 12.4. The van der Waals surface area contributed by atoms with Crippen LogP contribution in [0, 0.1) is 0 Å². The van der Waals surface area contributed by atoms with E-state index in [9.17, 15) is 14.7 Å². The van der Waals surface area contributed by atoms with Gasteiger partial charge in [0.1, 0.15) is 0 Å². The zero-order chi connectivity index (χ0) is 16.4. The maximum atomic E-state index is 12.4. The second kappa shape index (κ2) is 6.17. The second-order valence-corrected chi connectivity index (χ2v) is 5.35. The molecule has 2 aromatic rings. The van der Waals surface area contributed by atoms with Crippen LogP contribution in [-0.2, 0) is 6.54 Å². The van der Waals surface area contributed by atoms with Crippen molar-refractivity contribution in [1.29, 1.82) is 0 Å². The number of fused-ring (bicyclic) bond motifs is 1. The van der Waals surface area contributed by atoms with Gasteiger partial charge in [-0.1, -0.05) is 18.2 Å². The van der Waals surface area contributed by atoms with Gasteiger partial charge in [-0.2, -0.15) is 0 Å². The lowest BCUT2D eigenvalue weighted by Crippen LogP contribution is -2.37. The number of hydrogen-bond acceptors (Lipinski definition) is 6. The van der Waals surface area contributed by atoms with Gasteiger partial charge in [-0.25, -0.2) is 0 Å². The van der Waals surface area contributed by atoms with Crippen LogP contribution < -0.4 is 15.8 Å². The topological polar surface area (TPSA) is 100 Å². The molecule has 0 bridgehead atoms. The predicted octanol–water partition coefficient (Wildman–Crippen LogP) is -0.0994. The summed E-state index contributed by atoms with van der Waals surface area (Å²) in [6.07, 6.45) is -0.697. The number of carbonyl (C=O) groups is 1. The number of para-hydroxylation sites is 1. The highest BCUT2D eigenvalue weighted by Gasteiger charge is 2.27. The average molecular weight is 315 g/mol. The minimum atomic E-state index is -0.697. The highest BCUT2D eigenvalue weighted by molar-refractivity contribution is 5.91. The van der Waals surface area contributed by atoms with Crippen molar-refractivity contribution in [1.82, 2.24) is 20.1 Å². The molecule has 8 nitrogen and oxygen atoms in total. The first-order chi connectivity index (χ1) is 11.1. The Hall–Kier alpha value is -2.74. The number of nitrogens with one attached hydrogen (secondary N) is 1. The van der Waals surface area contributed by atoms with Crippen LogP contribution in [0.25, 0.3) is 0 Å². The van der Waals surface area contributed by atoms with E-state index in [2.05, 4.69) is 15.5 Å². The van der Waals surface area contributed by atoms with Crippen molar-refractivity contribution in [3.63, 3.8) is 0 Å². The molecule has 0 aliphatic carbocycles. The molecule has 1 aliphatic heterocycles. The van der Waals surface area contributed by atoms with E-state index in [1.54, 1.807) is 6.92 Å². The molecule has 120 valence electrons. The van der Waals surface area contributed by atoms with Gasteiger partial charge in [0.2, 0.25) is 11.6 Å². The van der Waals surface area contributed by atoms with E-state index in [0.717, 1.165) is 5.69 Å². The molecular formula is C15H17N5O3. The molecular weight excluding hydrogens is 298 g/mol. The molecule has 0 radical (unpaired) electrons. The lowest BCUT2D eigenvalue weighted by atomic mass is 10.3. The third-order valence-corrected chi connectivity index (χ3v) is 3.56. The zero-order valence-corrected chi connectivity index (χ0v) is 12.6. The van der Waals surface area contributed by atoms with Gasteiger partial charge in [-0.05, 0) is 19.1 Å². The molecule has 0 saturated heterocycles. The molecule has 2 N–H and O–H groups in total. The van der Waals surface area contributed by atoms with Crippen LogP contribution in [0.15, 0.2) is 35.1 Å². The van der Waals surface area contributed by atoms with Crippen LogP contribution in [0.5, 0.6) is 0 Å². The van der Waals surface area contributed by atoms with Gasteiger partial charge >= 0.3 is 0 Å². The average Bonchev–Trinajstić information content (AvgIpc) is 2.98. The van der Waals surface area contributed by atoms with Gasteiger partial charge in [0, 0.05) is 25.3 Å². The van der Waals surface area contributed by atoms with Gasteiger partial charge in [-0.15, -0.1) is 10.2 Å². The summed E-state index contributed by atoms with van der Waals surface area (Å²) in [5, 5.41) is 19.5. The summed E-state index contributed by atoms with van der Waals surface area (Å²) >= 11 is 0. The number of amides is 1. The Kier molecular flexibility index (Phi) is 4.07. The van der Waals surface area contributed by atoms with Gasteiger partial charge in [0.15, 0.2) is 0 Å². The normalized spacial score (nSPS) is 14.4. The van der Waals surface area contributed by atoms with Crippen molar-refractivity contribution >= 4 is 17.5 Å². The molecule has 0 fully saturated rings. The summed E-state index contributed by atoms with van der Waals surface area (Å²) < 4.78 is 1.44. The van der Waals surface area contributed by atoms with Crippen molar-refractivity contribution in [3.05, 3.63) is 46.4 Å². The summed E-state index contributed by atoms with van der Waals surface area (Å²) in [6, 6.07) is 9.56. The minimum absolute atomic E-state index is 0.0534. The van der Waals surface area contributed by atoms with Crippen LogP contribution in [0.2, 0.25) is 0 Å². The van der Waals surface area contributed by atoms with E-state index in [1.807, 2.05) is 35.2 Å². The first-order valence-electron chi connectivity index (χ1n) is 7.34. The Labute approximate surface area is 132 Å². The van der Waals surface area contributed by atoms with Crippen molar-refractivity contribution in [3.8, 4) is 0 Å². The molecule has 8 heteroatoms. The van der Waals surface area contributed by atoms with Crippen molar-refractivity contribution in [2.75, 3.05) is 18.0 Å². The summed E-state index contributed by atoms with van der Waals surface area (Å²) in [6.45, 7) is 2.62. The van der Waals surface area contributed by atoms with E-state index in [0.29, 0.717) is 19.0 Å². The summed E-state index contributed by atoms with van der Waals surface area (Å²) in [4.78, 5) is 26.3. The standard InChI is InChI=1S/C15H17N5O3/c1-10(21)9-16-13(22)12-14(23)20-8-7-19(15(20)18-17-12)11-5-3-2-4-6-11/h2-6,10,21H,7-9H2,1H3,(H,16,22). The fraction of sp³-hybridized carbons (Fsp3) is 0.333. The lowest BCUT2D eigenvalue weighted by Gasteiger charge is -2.16. The third-order valence-electron chi connectivity index (χ3n) is 3.56. The van der Waals surface area contributed by atoms with Crippen LogP contribution in [0.1, 0.15) is 17.4 Å². The highest BCUT2D eigenvalue weighted by atomic mass is 16.3. The number of aliphatic hydroxyl groups is 1. The molecule has 0 saturated carbocycles. The molecule has 0 spiro atoms. The first kappa shape index (κ1) is 15.2. The monoisotopic (exact) mass is 315 g/mol. The highest BCUT2D eigenvalue weighted by Crippen LogP contribution is 2.25. The number of nitrogens with zero attached hydrogens (tertiary/aromatic N) is 4. The zero-order valence-electron chi connectivity index (χ0n) is 12.6. The number of hydrogen-bond donors (Lipinski definition) is 2. The number of carbonyl (C=O) groups excluding carboxylic acids is 1. The molecule has 1 amide bonds. The Morgan fingerprint density at radius 3 is 2.74 bits per heavy atom. The quantitative estimate of drug-likeness (QED) is 0.817. The molecule has 1 aromatic carbocycles. The SMILES string of the molecule is CC(O)CNC(=O)c1nnc2n(c1=O)CCN2c1ccccc1. The van der Waals surface area contributed by atoms with Gasteiger partial charge in [0.25, 0.3) is 11.5 Å². The molecule has 1 unspecified atom stereocenters. The van der Waals surface area contributed by atoms with Gasteiger partial charge in [0.05, 0.1) is 6.10 Å². The molecule has 23 heavy (non-hydrogen) atoms. The van der Waals surface area contributed by atoms with Crippen molar-refractivity contribution in [2.45, 2.75) is 19.6 Å². The van der Waals surface area contributed by atoms with Crippen LogP contribution in [-0.4, -0.2) is 45.0 Å². The lowest BCUT2D eigenvalue weighted by molar-refractivity contribution is 0.0915. The Bertz CT molecular complexity index is 772. The van der Waals surface area contributed by atoms with E-state index in [1.165, 1.54) is 4.57 Å².